The molecule has 0 saturated carbocycles. The van der Waals surface area contributed by atoms with Gasteiger partial charge in [0.15, 0.2) is 0 Å². The summed E-state index contributed by atoms with van der Waals surface area (Å²) >= 11 is 0. The van der Waals surface area contributed by atoms with Crippen molar-refractivity contribution in [2.45, 2.75) is 12.8 Å². The van der Waals surface area contributed by atoms with Crippen LogP contribution in [-0.4, -0.2) is 5.11 Å². The second-order valence-electron chi connectivity index (χ2n) is 2.01. The van der Waals surface area contributed by atoms with Gasteiger partial charge in [0.05, 0.1) is 5.76 Å². The molecule has 0 heterocycles. The number of hydrogen-bond acceptors (Lipinski definition) is 1. The van der Waals surface area contributed by atoms with Gasteiger partial charge in [-0.15, -0.1) is 0 Å². The smallest absolute Gasteiger partial charge is 0.0925 e. The van der Waals surface area contributed by atoms with E-state index in [1.807, 2.05) is 24.3 Å². The largest absolute Gasteiger partial charge is 0.512 e. The fourth-order valence-electron chi connectivity index (χ4n) is 0.720. The van der Waals surface area contributed by atoms with Crippen LogP contribution < -0.4 is 0 Å². The minimum Gasteiger partial charge on any atom is -0.512 e. The minimum atomic E-state index is 0.468. The monoisotopic (exact) mass is 122 g/mol. The molecule has 9 heavy (non-hydrogen) atoms. The molecule has 0 amide bonds. The highest BCUT2D eigenvalue weighted by atomic mass is 16.3. The number of rotatable bonds is 0. The fourth-order valence-corrected chi connectivity index (χ4v) is 0.720. The molecule has 1 nitrogen and oxygen atoms in total. The molecule has 0 fully saturated rings. The van der Waals surface area contributed by atoms with Crippen molar-refractivity contribution in [1.82, 2.24) is 0 Å². The highest BCUT2D eigenvalue weighted by molar-refractivity contribution is 5.15. The molecule has 48 valence electrons. The first kappa shape index (κ1) is 6.14. The molecule has 1 aliphatic carbocycles. The van der Waals surface area contributed by atoms with Gasteiger partial charge < -0.3 is 5.11 Å². The van der Waals surface area contributed by atoms with Gasteiger partial charge in [0.2, 0.25) is 0 Å². The average molecular weight is 122 g/mol. The van der Waals surface area contributed by atoms with Crippen molar-refractivity contribution in [2.24, 2.45) is 0 Å². The standard InChI is InChI=1S/C8H10O/c9-8-6-4-2-1-3-5-7-8/h1-4,6,9H,5,7H2/b3-1?,4-2+,8-6?. The van der Waals surface area contributed by atoms with E-state index in [-0.39, 0.29) is 0 Å². The van der Waals surface area contributed by atoms with E-state index in [1.165, 1.54) is 0 Å². The van der Waals surface area contributed by atoms with Gasteiger partial charge in [-0.25, -0.2) is 0 Å². The Morgan fingerprint density at radius 1 is 1.22 bits per heavy atom. The van der Waals surface area contributed by atoms with Crippen LogP contribution in [0.15, 0.2) is 36.1 Å². The molecule has 0 saturated heterocycles. The van der Waals surface area contributed by atoms with Gasteiger partial charge in [-0.05, 0) is 12.5 Å². The molecule has 0 atom stereocenters. The molecule has 0 unspecified atom stereocenters. The summed E-state index contributed by atoms with van der Waals surface area (Å²) in [5, 5.41) is 8.99. The second-order valence-corrected chi connectivity index (χ2v) is 2.01. The summed E-state index contributed by atoms with van der Waals surface area (Å²) in [6.45, 7) is 0. The normalized spacial score (nSPS) is 22.0. The van der Waals surface area contributed by atoms with Crippen molar-refractivity contribution in [2.75, 3.05) is 0 Å². The van der Waals surface area contributed by atoms with Crippen molar-refractivity contribution in [1.29, 1.82) is 0 Å². The van der Waals surface area contributed by atoms with E-state index in [1.54, 1.807) is 6.08 Å². The summed E-state index contributed by atoms with van der Waals surface area (Å²) in [4.78, 5) is 0. The van der Waals surface area contributed by atoms with Gasteiger partial charge >= 0.3 is 0 Å². The van der Waals surface area contributed by atoms with Gasteiger partial charge in [0.1, 0.15) is 0 Å². The lowest BCUT2D eigenvalue weighted by molar-refractivity contribution is 0.389. The average Bonchev–Trinajstić information content (AvgIpc) is 1.79. The van der Waals surface area contributed by atoms with E-state index >= 15 is 0 Å². The van der Waals surface area contributed by atoms with E-state index in [4.69, 9.17) is 5.11 Å². The number of hydrogen-bond donors (Lipinski definition) is 1. The predicted molar refractivity (Wildman–Crippen MR) is 38.2 cm³/mol. The maximum absolute atomic E-state index is 8.99. The van der Waals surface area contributed by atoms with Crippen LogP contribution in [0.1, 0.15) is 12.8 Å². The van der Waals surface area contributed by atoms with Gasteiger partial charge in [-0.3, -0.25) is 0 Å². The summed E-state index contributed by atoms with van der Waals surface area (Å²) in [6.07, 6.45) is 11.2. The Morgan fingerprint density at radius 3 is 3.00 bits per heavy atom. The van der Waals surface area contributed by atoms with Crippen LogP contribution >= 0.6 is 0 Å². The quantitative estimate of drug-likeness (QED) is 0.522. The number of aliphatic hydroxyl groups excluding tert-OH is 1. The Hall–Kier alpha value is -0.980. The first-order chi connectivity index (χ1) is 4.39. The maximum atomic E-state index is 8.99. The first-order valence-electron chi connectivity index (χ1n) is 3.11. The predicted octanol–water partition coefficient (Wildman–Crippen LogP) is 2.33. The lowest BCUT2D eigenvalue weighted by Crippen LogP contribution is -1.79. The second kappa shape index (κ2) is 3.13. The molecule has 0 aromatic rings. The van der Waals surface area contributed by atoms with Crippen molar-refractivity contribution in [3.63, 3.8) is 0 Å². The van der Waals surface area contributed by atoms with E-state index in [0.717, 1.165) is 12.8 Å². The third-order valence-corrected chi connectivity index (χ3v) is 1.21. The molecule has 0 spiro atoms. The molecule has 0 aliphatic heterocycles. The Balaban J connectivity index is 2.62. The molecule has 1 rings (SSSR count). The molecular formula is C8H10O. The van der Waals surface area contributed by atoms with Crippen LogP contribution in [-0.2, 0) is 0 Å². The van der Waals surface area contributed by atoms with E-state index in [2.05, 4.69) is 0 Å². The third-order valence-electron chi connectivity index (χ3n) is 1.21. The minimum absolute atomic E-state index is 0.468. The Morgan fingerprint density at radius 2 is 2.11 bits per heavy atom. The zero-order chi connectivity index (χ0) is 6.53. The van der Waals surface area contributed by atoms with Gasteiger partial charge in [0.25, 0.3) is 0 Å². The highest BCUT2D eigenvalue weighted by Gasteiger charge is 1.89. The van der Waals surface area contributed by atoms with E-state index in [9.17, 15) is 0 Å². The van der Waals surface area contributed by atoms with Gasteiger partial charge in [0, 0.05) is 6.42 Å². The Kier molecular flexibility index (Phi) is 2.13. The molecule has 0 aromatic heterocycles. The molecule has 1 heteroatoms. The molecule has 0 radical (unpaired) electrons. The van der Waals surface area contributed by atoms with Crippen LogP contribution in [0, 0.1) is 0 Å². The molecule has 0 aromatic carbocycles. The SMILES string of the molecule is OC1=C/C=C/C=CCC1. The molecular weight excluding hydrogens is 112 g/mol. The lowest BCUT2D eigenvalue weighted by Gasteiger charge is -1.95. The van der Waals surface area contributed by atoms with Crippen molar-refractivity contribution in [3.8, 4) is 0 Å². The summed E-state index contributed by atoms with van der Waals surface area (Å²) in [7, 11) is 0. The van der Waals surface area contributed by atoms with E-state index < -0.39 is 0 Å². The van der Waals surface area contributed by atoms with Crippen LogP contribution in [0.25, 0.3) is 0 Å². The van der Waals surface area contributed by atoms with Crippen molar-refractivity contribution >= 4 is 0 Å². The molecule has 1 N–H and O–H groups in total. The Labute approximate surface area is 55.0 Å². The van der Waals surface area contributed by atoms with Crippen LogP contribution in [0.2, 0.25) is 0 Å². The third kappa shape index (κ3) is 2.17. The fraction of sp³-hybridized carbons (Fsp3) is 0.250. The molecule has 1 aliphatic rings. The highest BCUT2D eigenvalue weighted by Crippen LogP contribution is 2.04. The zero-order valence-corrected chi connectivity index (χ0v) is 5.25. The maximum Gasteiger partial charge on any atom is 0.0925 e. The van der Waals surface area contributed by atoms with Gasteiger partial charge in [-0.2, -0.15) is 0 Å². The zero-order valence-electron chi connectivity index (χ0n) is 5.25. The lowest BCUT2D eigenvalue weighted by atomic mass is 10.2. The van der Waals surface area contributed by atoms with Crippen LogP contribution in [0.5, 0.6) is 0 Å². The van der Waals surface area contributed by atoms with E-state index in [0.29, 0.717) is 5.76 Å². The summed E-state index contributed by atoms with van der Waals surface area (Å²) in [5.74, 6) is 0.468. The Bertz CT molecular complexity index is 163. The summed E-state index contributed by atoms with van der Waals surface area (Å²) in [5.41, 5.74) is 0. The van der Waals surface area contributed by atoms with Gasteiger partial charge in [-0.1, -0.05) is 24.3 Å². The summed E-state index contributed by atoms with van der Waals surface area (Å²) < 4.78 is 0. The van der Waals surface area contributed by atoms with Crippen molar-refractivity contribution < 1.29 is 5.11 Å². The van der Waals surface area contributed by atoms with Crippen LogP contribution in [0.3, 0.4) is 0 Å². The molecule has 0 bridgehead atoms. The first-order valence-corrected chi connectivity index (χ1v) is 3.11. The summed E-state index contributed by atoms with van der Waals surface area (Å²) in [6, 6.07) is 0. The van der Waals surface area contributed by atoms with Crippen molar-refractivity contribution in [3.05, 3.63) is 36.1 Å². The van der Waals surface area contributed by atoms with Crippen LogP contribution in [0.4, 0.5) is 0 Å². The topological polar surface area (TPSA) is 20.2 Å². The number of allylic oxidation sites excluding steroid dienone is 6. The number of aliphatic hydroxyl groups is 1.